The molecule has 1 aromatic carbocycles. The molecule has 1 heterocycles. The van der Waals surface area contributed by atoms with Gasteiger partial charge in [-0.25, -0.2) is 8.78 Å². The van der Waals surface area contributed by atoms with E-state index in [0.717, 1.165) is 57.7 Å². The van der Waals surface area contributed by atoms with Gasteiger partial charge in [-0.2, -0.15) is 0 Å². The van der Waals surface area contributed by atoms with E-state index in [4.69, 9.17) is 0 Å². The van der Waals surface area contributed by atoms with Gasteiger partial charge in [0.1, 0.15) is 11.6 Å². The minimum absolute atomic E-state index is 0.130. The summed E-state index contributed by atoms with van der Waals surface area (Å²) >= 11 is 0. The van der Waals surface area contributed by atoms with Crippen molar-refractivity contribution in [3.63, 3.8) is 0 Å². The van der Waals surface area contributed by atoms with Crippen LogP contribution in [0.15, 0.2) is 18.2 Å². The molecule has 1 saturated carbocycles. The van der Waals surface area contributed by atoms with Crippen molar-refractivity contribution in [3.05, 3.63) is 35.4 Å². The molecular formula is C17H21F2NO. The Morgan fingerprint density at radius 2 is 1.57 bits per heavy atom. The summed E-state index contributed by atoms with van der Waals surface area (Å²) in [6.45, 7) is 1.95. The third kappa shape index (κ3) is 2.86. The van der Waals surface area contributed by atoms with Crippen LogP contribution in [-0.4, -0.2) is 29.3 Å². The summed E-state index contributed by atoms with van der Waals surface area (Å²) in [6, 6.07) is 3.39. The fourth-order valence-corrected chi connectivity index (χ4v) is 3.94. The van der Waals surface area contributed by atoms with E-state index in [1.54, 1.807) is 0 Å². The number of nitrogens with zero attached hydrogens (tertiary/aromatic N) is 1. The van der Waals surface area contributed by atoms with Crippen molar-refractivity contribution in [2.75, 3.05) is 13.1 Å². The number of rotatable bonds is 4. The van der Waals surface area contributed by atoms with E-state index >= 15 is 0 Å². The molecule has 0 spiro atoms. The molecule has 1 aliphatic heterocycles. The molecule has 0 bridgehead atoms. The molecule has 0 atom stereocenters. The van der Waals surface area contributed by atoms with Crippen LogP contribution in [0.3, 0.4) is 0 Å². The molecular weight excluding hydrogens is 272 g/mol. The number of carbonyl (C=O) groups is 1. The zero-order valence-electron chi connectivity index (χ0n) is 12.2. The maximum Gasteiger partial charge on any atom is 0.157 e. The van der Waals surface area contributed by atoms with Gasteiger partial charge in [-0.05, 0) is 56.5 Å². The second-order valence-electron chi connectivity index (χ2n) is 6.31. The molecule has 2 nitrogen and oxygen atoms in total. The predicted molar refractivity (Wildman–Crippen MR) is 77.1 cm³/mol. The van der Waals surface area contributed by atoms with Crippen LogP contribution in [0.1, 0.15) is 44.1 Å². The Bertz CT molecular complexity index is 511. The van der Waals surface area contributed by atoms with E-state index in [9.17, 15) is 13.6 Å². The van der Waals surface area contributed by atoms with Crippen molar-refractivity contribution < 1.29 is 13.6 Å². The first-order chi connectivity index (χ1) is 10.1. The van der Waals surface area contributed by atoms with Gasteiger partial charge in [-0.15, -0.1) is 0 Å². The van der Waals surface area contributed by atoms with Crippen LogP contribution in [0.2, 0.25) is 0 Å². The summed E-state index contributed by atoms with van der Waals surface area (Å²) in [5.74, 6) is -1.09. The second kappa shape index (κ2) is 5.84. The van der Waals surface area contributed by atoms with Crippen molar-refractivity contribution in [1.82, 2.24) is 4.90 Å². The van der Waals surface area contributed by atoms with Crippen LogP contribution >= 0.6 is 0 Å². The molecule has 1 saturated heterocycles. The van der Waals surface area contributed by atoms with Crippen molar-refractivity contribution >= 4 is 5.78 Å². The molecule has 1 aromatic rings. The maximum atomic E-state index is 13.3. The first kappa shape index (κ1) is 14.6. The van der Waals surface area contributed by atoms with Gasteiger partial charge in [0.05, 0.1) is 5.54 Å². The van der Waals surface area contributed by atoms with Gasteiger partial charge in [0.25, 0.3) is 0 Å². The zero-order chi connectivity index (χ0) is 14.9. The topological polar surface area (TPSA) is 20.3 Å². The third-order valence-corrected chi connectivity index (χ3v) is 4.95. The highest BCUT2D eigenvalue weighted by molar-refractivity contribution is 5.90. The normalized spacial score (nSPS) is 21.8. The number of carbonyl (C=O) groups excluding carboxylic acids is 1. The molecule has 21 heavy (non-hydrogen) atoms. The fourth-order valence-electron chi connectivity index (χ4n) is 3.94. The van der Waals surface area contributed by atoms with Gasteiger partial charge in [-0.1, -0.05) is 12.8 Å². The van der Waals surface area contributed by atoms with Gasteiger partial charge in [0.2, 0.25) is 0 Å². The molecule has 4 heteroatoms. The molecule has 0 radical (unpaired) electrons. The number of likely N-dealkylation sites (tertiary alicyclic amines) is 1. The molecule has 1 aliphatic carbocycles. The SMILES string of the molecule is O=C(Cc1cc(F)cc(F)c1)C1(N2CCCC2)CCCC1. The number of ketones is 1. The summed E-state index contributed by atoms with van der Waals surface area (Å²) < 4.78 is 26.6. The van der Waals surface area contributed by atoms with Gasteiger partial charge >= 0.3 is 0 Å². The largest absolute Gasteiger partial charge is 0.297 e. The Labute approximate surface area is 124 Å². The van der Waals surface area contributed by atoms with Gasteiger partial charge in [0.15, 0.2) is 5.78 Å². The van der Waals surface area contributed by atoms with E-state index in [2.05, 4.69) is 4.90 Å². The first-order valence-electron chi connectivity index (χ1n) is 7.83. The van der Waals surface area contributed by atoms with Crippen LogP contribution in [0.25, 0.3) is 0 Å². The van der Waals surface area contributed by atoms with Gasteiger partial charge < -0.3 is 0 Å². The zero-order valence-corrected chi connectivity index (χ0v) is 12.2. The van der Waals surface area contributed by atoms with Crippen molar-refractivity contribution in [2.45, 2.75) is 50.5 Å². The van der Waals surface area contributed by atoms with E-state index in [0.29, 0.717) is 5.56 Å². The summed E-state index contributed by atoms with van der Waals surface area (Å²) in [4.78, 5) is 15.2. The van der Waals surface area contributed by atoms with E-state index in [1.807, 2.05) is 0 Å². The number of hydrogen-bond acceptors (Lipinski definition) is 2. The van der Waals surface area contributed by atoms with E-state index in [1.165, 1.54) is 12.1 Å². The summed E-state index contributed by atoms with van der Waals surface area (Å²) in [7, 11) is 0. The average Bonchev–Trinajstić information content (AvgIpc) is 3.09. The van der Waals surface area contributed by atoms with Gasteiger partial charge in [0, 0.05) is 12.5 Å². The maximum absolute atomic E-state index is 13.3. The van der Waals surface area contributed by atoms with Crippen LogP contribution in [0.5, 0.6) is 0 Å². The number of halogens is 2. The molecule has 2 aliphatic rings. The minimum Gasteiger partial charge on any atom is -0.297 e. The Morgan fingerprint density at radius 1 is 1.00 bits per heavy atom. The quantitative estimate of drug-likeness (QED) is 0.847. The monoisotopic (exact) mass is 293 g/mol. The summed E-state index contributed by atoms with van der Waals surface area (Å²) in [6.07, 6.45) is 6.34. The smallest absolute Gasteiger partial charge is 0.157 e. The second-order valence-corrected chi connectivity index (χ2v) is 6.31. The number of hydrogen-bond donors (Lipinski definition) is 0. The highest BCUT2D eigenvalue weighted by Gasteiger charge is 2.46. The van der Waals surface area contributed by atoms with E-state index < -0.39 is 11.6 Å². The van der Waals surface area contributed by atoms with Crippen molar-refractivity contribution in [1.29, 1.82) is 0 Å². The summed E-state index contributed by atoms with van der Waals surface area (Å²) in [5, 5.41) is 0. The molecule has 0 amide bonds. The minimum atomic E-state index is -0.612. The number of Topliss-reactive ketones (excluding diaryl/α,β-unsaturated/α-hetero) is 1. The van der Waals surface area contributed by atoms with Gasteiger partial charge in [-0.3, -0.25) is 9.69 Å². The molecule has 3 rings (SSSR count). The fraction of sp³-hybridized carbons (Fsp3) is 0.588. The first-order valence-corrected chi connectivity index (χ1v) is 7.83. The van der Waals surface area contributed by atoms with Crippen LogP contribution in [-0.2, 0) is 11.2 Å². The van der Waals surface area contributed by atoms with Crippen LogP contribution < -0.4 is 0 Å². The molecule has 114 valence electrons. The standard InChI is InChI=1S/C17H21F2NO/c18-14-9-13(10-15(19)12-14)11-16(21)17(5-1-2-6-17)20-7-3-4-8-20/h9-10,12H,1-8,11H2. The lowest BCUT2D eigenvalue weighted by Gasteiger charge is -2.37. The van der Waals surface area contributed by atoms with Crippen molar-refractivity contribution in [3.8, 4) is 0 Å². The predicted octanol–water partition coefficient (Wildman–Crippen LogP) is 3.49. The molecule has 0 N–H and O–H groups in total. The third-order valence-electron chi connectivity index (χ3n) is 4.95. The Kier molecular flexibility index (Phi) is 4.07. The Balaban J connectivity index is 1.81. The van der Waals surface area contributed by atoms with E-state index in [-0.39, 0.29) is 17.7 Å². The molecule has 2 fully saturated rings. The average molecular weight is 293 g/mol. The highest BCUT2D eigenvalue weighted by Crippen LogP contribution is 2.39. The summed E-state index contributed by atoms with van der Waals surface area (Å²) in [5.41, 5.74) is 0.0715. The molecule has 0 aromatic heterocycles. The van der Waals surface area contributed by atoms with Crippen molar-refractivity contribution in [2.24, 2.45) is 0 Å². The molecule has 0 unspecified atom stereocenters. The van der Waals surface area contributed by atoms with Crippen LogP contribution in [0, 0.1) is 11.6 Å². The van der Waals surface area contributed by atoms with Crippen LogP contribution in [0.4, 0.5) is 8.78 Å². The Hall–Kier alpha value is -1.29. The lowest BCUT2D eigenvalue weighted by Crippen LogP contribution is -2.52. The number of benzene rings is 1. The highest BCUT2D eigenvalue weighted by atomic mass is 19.1. The lowest BCUT2D eigenvalue weighted by atomic mass is 9.86. The Morgan fingerprint density at radius 3 is 2.14 bits per heavy atom. The lowest BCUT2D eigenvalue weighted by molar-refractivity contribution is -0.129.